The molecule has 0 saturated heterocycles. The lowest BCUT2D eigenvalue weighted by atomic mass is 10.1. The van der Waals surface area contributed by atoms with Crippen LogP contribution in [-0.4, -0.2) is 12.7 Å². The Morgan fingerprint density at radius 2 is 1.68 bits per heavy atom. The molecule has 1 amide bonds. The number of benzene rings is 3. The van der Waals surface area contributed by atoms with Crippen molar-refractivity contribution < 1.29 is 14.3 Å². The van der Waals surface area contributed by atoms with Crippen LogP contribution in [0.1, 0.15) is 37.4 Å². The molecule has 31 heavy (non-hydrogen) atoms. The van der Waals surface area contributed by atoms with Gasteiger partial charge < -0.3 is 20.9 Å². The van der Waals surface area contributed by atoms with Crippen LogP contribution < -0.4 is 21.1 Å². The van der Waals surface area contributed by atoms with Gasteiger partial charge in [0, 0.05) is 5.69 Å². The number of nitrogens with zero attached hydrogens (tertiary/aromatic N) is 1. The van der Waals surface area contributed by atoms with Crippen LogP contribution >= 0.6 is 0 Å². The first-order valence-electron chi connectivity index (χ1n) is 10.4. The summed E-state index contributed by atoms with van der Waals surface area (Å²) in [5.74, 6) is 0.799. The van der Waals surface area contributed by atoms with Gasteiger partial charge in [-0.15, -0.1) is 0 Å². The van der Waals surface area contributed by atoms with Crippen LogP contribution in [-0.2, 0) is 11.3 Å². The zero-order valence-corrected chi connectivity index (χ0v) is 18.0. The highest BCUT2D eigenvalue weighted by Crippen LogP contribution is 2.32. The fourth-order valence-corrected chi connectivity index (χ4v) is 3.20. The van der Waals surface area contributed by atoms with Gasteiger partial charge in [0.25, 0.3) is 0 Å². The number of carbonyl (C=O) groups is 1. The van der Waals surface area contributed by atoms with Crippen molar-refractivity contribution in [2.75, 3.05) is 23.0 Å². The number of hydrogen-bond donors (Lipinski definition) is 2. The van der Waals surface area contributed by atoms with Gasteiger partial charge in [-0.3, -0.25) is 4.90 Å². The lowest BCUT2D eigenvalue weighted by Gasteiger charge is -2.29. The molecule has 0 aliphatic carbocycles. The molecular weight excluding hydrogens is 390 g/mol. The molecular formula is C25H29N3O3. The fourth-order valence-electron chi connectivity index (χ4n) is 3.20. The standard InChI is InChI=1S/C25H29N3O3/c1-3-15-30-22-12-9-20(10-13-22)18(2)28(21-11-14-23(26)24(27)16-21)25(29)31-17-19-7-5-4-6-8-19/h4-14,16,18H,3,15,17,26-27H2,1-2H3. The second kappa shape index (κ2) is 10.4. The summed E-state index contributed by atoms with van der Waals surface area (Å²) in [5.41, 5.74) is 15.2. The van der Waals surface area contributed by atoms with E-state index in [2.05, 4.69) is 6.92 Å². The lowest BCUT2D eigenvalue weighted by molar-refractivity contribution is 0.145. The number of nitrogens with two attached hydrogens (primary N) is 2. The summed E-state index contributed by atoms with van der Waals surface area (Å²) in [5, 5.41) is 0. The second-order valence-corrected chi connectivity index (χ2v) is 7.32. The summed E-state index contributed by atoms with van der Waals surface area (Å²) in [6.45, 7) is 4.85. The Morgan fingerprint density at radius 3 is 2.32 bits per heavy atom. The topological polar surface area (TPSA) is 90.8 Å². The maximum Gasteiger partial charge on any atom is 0.415 e. The number of carbonyl (C=O) groups excluding carboxylic acids is 1. The summed E-state index contributed by atoms with van der Waals surface area (Å²) in [6.07, 6.45) is 0.476. The highest BCUT2D eigenvalue weighted by Gasteiger charge is 2.25. The van der Waals surface area contributed by atoms with Crippen molar-refractivity contribution in [1.29, 1.82) is 0 Å². The summed E-state index contributed by atoms with van der Waals surface area (Å²) in [6, 6.07) is 22.1. The Labute approximate surface area is 183 Å². The zero-order valence-electron chi connectivity index (χ0n) is 18.0. The average molecular weight is 420 g/mol. The molecule has 0 fully saturated rings. The molecule has 162 valence electrons. The largest absolute Gasteiger partial charge is 0.494 e. The first kappa shape index (κ1) is 22.0. The molecule has 1 unspecified atom stereocenters. The van der Waals surface area contributed by atoms with Crippen molar-refractivity contribution in [3.63, 3.8) is 0 Å². The van der Waals surface area contributed by atoms with Gasteiger partial charge in [0.2, 0.25) is 0 Å². The molecule has 3 aromatic carbocycles. The van der Waals surface area contributed by atoms with Gasteiger partial charge in [-0.1, -0.05) is 49.4 Å². The Hall–Kier alpha value is -3.67. The molecule has 0 aliphatic heterocycles. The Balaban J connectivity index is 1.85. The van der Waals surface area contributed by atoms with Crippen molar-refractivity contribution in [2.24, 2.45) is 0 Å². The van der Waals surface area contributed by atoms with E-state index in [-0.39, 0.29) is 12.6 Å². The van der Waals surface area contributed by atoms with Gasteiger partial charge in [-0.2, -0.15) is 0 Å². The van der Waals surface area contributed by atoms with Crippen LogP contribution in [0.4, 0.5) is 21.9 Å². The van der Waals surface area contributed by atoms with Gasteiger partial charge in [-0.05, 0) is 54.8 Å². The van der Waals surface area contributed by atoms with Crippen LogP contribution in [0.2, 0.25) is 0 Å². The Morgan fingerprint density at radius 1 is 0.968 bits per heavy atom. The number of anilines is 3. The quantitative estimate of drug-likeness (QED) is 0.468. The van der Waals surface area contributed by atoms with E-state index in [0.717, 1.165) is 23.3 Å². The van der Waals surface area contributed by atoms with E-state index < -0.39 is 6.09 Å². The second-order valence-electron chi connectivity index (χ2n) is 7.32. The molecule has 0 heterocycles. The van der Waals surface area contributed by atoms with Crippen LogP contribution in [0, 0.1) is 0 Å². The van der Waals surface area contributed by atoms with Crippen molar-refractivity contribution in [3.05, 3.63) is 83.9 Å². The van der Waals surface area contributed by atoms with Crippen molar-refractivity contribution in [2.45, 2.75) is 32.9 Å². The number of nitrogen functional groups attached to an aromatic ring is 2. The zero-order chi connectivity index (χ0) is 22.2. The van der Waals surface area contributed by atoms with Gasteiger partial charge in [0.1, 0.15) is 12.4 Å². The number of hydrogen-bond acceptors (Lipinski definition) is 5. The lowest BCUT2D eigenvalue weighted by Crippen LogP contribution is -2.34. The molecule has 4 N–H and O–H groups in total. The van der Waals surface area contributed by atoms with Crippen molar-refractivity contribution >= 4 is 23.2 Å². The smallest absolute Gasteiger partial charge is 0.415 e. The summed E-state index contributed by atoms with van der Waals surface area (Å²) < 4.78 is 11.3. The third-order valence-corrected chi connectivity index (χ3v) is 4.97. The van der Waals surface area contributed by atoms with E-state index in [1.54, 1.807) is 23.1 Å². The molecule has 6 nitrogen and oxygen atoms in total. The molecule has 0 aromatic heterocycles. The van der Waals surface area contributed by atoms with E-state index in [1.165, 1.54) is 0 Å². The Bertz CT molecular complexity index is 991. The summed E-state index contributed by atoms with van der Waals surface area (Å²) in [4.78, 5) is 14.7. The van der Waals surface area contributed by atoms with Gasteiger partial charge in [-0.25, -0.2) is 4.79 Å². The minimum atomic E-state index is -0.466. The van der Waals surface area contributed by atoms with Crippen LogP contribution in [0.3, 0.4) is 0 Å². The molecule has 0 radical (unpaired) electrons. The van der Waals surface area contributed by atoms with E-state index in [4.69, 9.17) is 20.9 Å². The van der Waals surface area contributed by atoms with Gasteiger partial charge >= 0.3 is 6.09 Å². The molecule has 3 rings (SSSR count). The maximum atomic E-state index is 13.1. The number of ether oxygens (including phenoxy) is 2. The predicted molar refractivity (Wildman–Crippen MR) is 125 cm³/mol. The summed E-state index contributed by atoms with van der Waals surface area (Å²) in [7, 11) is 0. The highest BCUT2D eigenvalue weighted by molar-refractivity contribution is 5.90. The normalized spacial score (nSPS) is 11.5. The van der Waals surface area contributed by atoms with Gasteiger partial charge in [0.05, 0.1) is 24.0 Å². The van der Waals surface area contributed by atoms with Crippen LogP contribution in [0.5, 0.6) is 5.75 Å². The van der Waals surface area contributed by atoms with E-state index >= 15 is 0 Å². The minimum absolute atomic E-state index is 0.178. The molecule has 0 aliphatic rings. The van der Waals surface area contributed by atoms with Crippen molar-refractivity contribution in [3.8, 4) is 5.75 Å². The molecule has 0 bridgehead atoms. The summed E-state index contributed by atoms with van der Waals surface area (Å²) >= 11 is 0. The molecule has 0 saturated carbocycles. The minimum Gasteiger partial charge on any atom is -0.494 e. The first-order valence-corrected chi connectivity index (χ1v) is 10.4. The average Bonchev–Trinajstić information content (AvgIpc) is 2.79. The maximum absolute atomic E-state index is 13.1. The SMILES string of the molecule is CCCOc1ccc(C(C)N(C(=O)OCc2ccccc2)c2ccc(N)c(N)c2)cc1. The predicted octanol–water partition coefficient (Wildman–Crippen LogP) is 5.54. The number of amides is 1. The van der Waals surface area contributed by atoms with E-state index in [1.807, 2.05) is 61.5 Å². The van der Waals surface area contributed by atoms with Crippen LogP contribution in [0.25, 0.3) is 0 Å². The van der Waals surface area contributed by atoms with E-state index in [0.29, 0.717) is 23.7 Å². The van der Waals surface area contributed by atoms with Crippen LogP contribution in [0.15, 0.2) is 72.8 Å². The molecule has 0 spiro atoms. The third-order valence-electron chi connectivity index (χ3n) is 4.97. The molecule has 3 aromatic rings. The van der Waals surface area contributed by atoms with E-state index in [9.17, 15) is 4.79 Å². The monoisotopic (exact) mass is 419 g/mol. The first-order chi connectivity index (χ1) is 15.0. The van der Waals surface area contributed by atoms with Crippen molar-refractivity contribution in [1.82, 2.24) is 0 Å². The molecule has 6 heteroatoms. The molecule has 1 atom stereocenters. The van der Waals surface area contributed by atoms with Gasteiger partial charge in [0.15, 0.2) is 0 Å². The fraction of sp³-hybridized carbons (Fsp3) is 0.240. The highest BCUT2D eigenvalue weighted by atomic mass is 16.6. The third kappa shape index (κ3) is 5.69. The Kier molecular flexibility index (Phi) is 7.38. The number of rotatable bonds is 8.